The zero-order valence-corrected chi connectivity index (χ0v) is 9.51. The molecule has 2 aliphatic rings. The highest BCUT2D eigenvalue weighted by Gasteiger charge is 2.57. The van der Waals surface area contributed by atoms with Crippen LogP contribution in [-0.4, -0.2) is 24.0 Å². The van der Waals surface area contributed by atoms with Crippen molar-refractivity contribution in [2.45, 2.75) is 46.6 Å². The lowest BCUT2D eigenvalue weighted by atomic mass is 9.96. The topological polar surface area (TPSA) is 3.24 Å². The normalized spacial score (nSPS) is 39.7. The van der Waals surface area contributed by atoms with Crippen molar-refractivity contribution in [1.29, 1.82) is 0 Å². The van der Waals surface area contributed by atoms with Crippen molar-refractivity contribution in [2.75, 3.05) is 13.1 Å². The van der Waals surface area contributed by atoms with E-state index < -0.39 is 0 Å². The van der Waals surface area contributed by atoms with E-state index in [1.165, 1.54) is 25.9 Å². The van der Waals surface area contributed by atoms with Gasteiger partial charge in [0.25, 0.3) is 0 Å². The molecule has 0 unspecified atom stereocenters. The van der Waals surface area contributed by atoms with Gasteiger partial charge in [0, 0.05) is 12.6 Å². The summed E-state index contributed by atoms with van der Waals surface area (Å²) in [7, 11) is 0. The Labute approximate surface area is 82.5 Å². The van der Waals surface area contributed by atoms with Crippen LogP contribution in [-0.2, 0) is 0 Å². The minimum absolute atomic E-state index is 0.757. The first kappa shape index (κ1) is 9.51. The fraction of sp³-hybridized carbons (Fsp3) is 1.00. The number of nitrogens with zero attached hydrogens (tertiary/aromatic N) is 1. The van der Waals surface area contributed by atoms with Crippen molar-refractivity contribution in [3.63, 3.8) is 0 Å². The Kier molecular flexibility index (Phi) is 2.18. The van der Waals surface area contributed by atoms with Crippen LogP contribution >= 0.6 is 0 Å². The average molecular weight is 181 g/mol. The molecule has 0 aromatic rings. The van der Waals surface area contributed by atoms with Gasteiger partial charge in [-0.2, -0.15) is 0 Å². The maximum atomic E-state index is 2.66. The monoisotopic (exact) mass is 181 g/mol. The molecular weight excluding hydrogens is 158 g/mol. The van der Waals surface area contributed by atoms with E-state index in [9.17, 15) is 0 Å². The van der Waals surface area contributed by atoms with Crippen molar-refractivity contribution in [2.24, 2.45) is 17.3 Å². The molecule has 0 bridgehead atoms. The van der Waals surface area contributed by atoms with Crippen LogP contribution in [0.25, 0.3) is 0 Å². The van der Waals surface area contributed by atoms with E-state index in [0.29, 0.717) is 0 Å². The average Bonchev–Trinajstić information content (AvgIpc) is 2.52. The van der Waals surface area contributed by atoms with Gasteiger partial charge in [-0.05, 0) is 50.5 Å². The van der Waals surface area contributed by atoms with Gasteiger partial charge >= 0.3 is 0 Å². The Hall–Kier alpha value is -0.0400. The molecule has 1 heterocycles. The molecule has 0 amide bonds. The number of likely N-dealkylation sites (tertiary alicyclic amines) is 1. The van der Waals surface area contributed by atoms with Crippen LogP contribution in [0, 0.1) is 17.3 Å². The van der Waals surface area contributed by atoms with Gasteiger partial charge in [-0.1, -0.05) is 13.8 Å². The molecule has 1 aliphatic heterocycles. The molecule has 2 fully saturated rings. The van der Waals surface area contributed by atoms with Crippen molar-refractivity contribution < 1.29 is 0 Å². The smallest absolute Gasteiger partial charge is 0.00440 e. The SMILES string of the molecule is CC(C)[C@H]1C[C@]12CCN(C(C)C)C2. The van der Waals surface area contributed by atoms with E-state index >= 15 is 0 Å². The molecule has 1 saturated carbocycles. The van der Waals surface area contributed by atoms with Gasteiger partial charge in [-0.3, -0.25) is 0 Å². The van der Waals surface area contributed by atoms with Gasteiger partial charge in [0.05, 0.1) is 0 Å². The maximum Gasteiger partial charge on any atom is 0.00440 e. The quantitative estimate of drug-likeness (QED) is 0.633. The molecule has 1 spiro atoms. The van der Waals surface area contributed by atoms with Gasteiger partial charge in [-0.15, -0.1) is 0 Å². The van der Waals surface area contributed by atoms with Crippen LogP contribution in [0.3, 0.4) is 0 Å². The summed E-state index contributed by atoms with van der Waals surface area (Å²) in [4.78, 5) is 2.66. The van der Waals surface area contributed by atoms with Crippen LogP contribution in [0.1, 0.15) is 40.5 Å². The standard InChI is InChI=1S/C12H23N/c1-9(2)11-7-12(11)5-6-13(8-12)10(3)4/h9-11H,5-8H2,1-4H3/t11-,12+/m1/s1. The Bertz CT molecular complexity index is 189. The van der Waals surface area contributed by atoms with E-state index in [1.807, 2.05) is 0 Å². The Morgan fingerprint density at radius 3 is 2.31 bits per heavy atom. The lowest BCUT2D eigenvalue weighted by Gasteiger charge is -2.20. The van der Waals surface area contributed by atoms with E-state index in [4.69, 9.17) is 0 Å². The molecule has 1 saturated heterocycles. The molecule has 2 rings (SSSR count). The highest BCUT2D eigenvalue weighted by Crippen LogP contribution is 2.61. The second kappa shape index (κ2) is 2.98. The molecule has 76 valence electrons. The first-order valence-corrected chi connectivity index (χ1v) is 5.79. The van der Waals surface area contributed by atoms with Crippen LogP contribution < -0.4 is 0 Å². The molecule has 1 heteroatoms. The molecular formula is C12H23N. The van der Waals surface area contributed by atoms with E-state index in [2.05, 4.69) is 32.6 Å². The summed E-state index contributed by atoms with van der Waals surface area (Å²) in [5.74, 6) is 1.95. The van der Waals surface area contributed by atoms with Gasteiger partial charge in [-0.25, -0.2) is 0 Å². The fourth-order valence-electron chi connectivity index (χ4n) is 3.16. The summed E-state index contributed by atoms with van der Waals surface area (Å²) < 4.78 is 0. The predicted molar refractivity (Wildman–Crippen MR) is 56.7 cm³/mol. The third kappa shape index (κ3) is 1.52. The van der Waals surface area contributed by atoms with Gasteiger partial charge in [0.15, 0.2) is 0 Å². The zero-order chi connectivity index (χ0) is 9.64. The minimum Gasteiger partial charge on any atom is -0.300 e. The number of rotatable bonds is 2. The lowest BCUT2D eigenvalue weighted by Crippen LogP contribution is -2.28. The third-order valence-electron chi connectivity index (χ3n) is 4.20. The minimum atomic E-state index is 0.757. The summed E-state index contributed by atoms with van der Waals surface area (Å²) in [5, 5.41) is 0. The van der Waals surface area contributed by atoms with E-state index in [-0.39, 0.29) is 0 Å². The van der Waals surface area contributed by atoms with E-state index in [1.54, 1.807) is 0 Å². The fourth-order valence-corrected chi connectivity index (χ4v) is 3.16. The van der Waals surface area contributed by atoms with Gasteiger partial charge < -0.3 is 4.90 Å². The molecule has 0 radical (unpaired) electrons. The Morgan fingerprint density at radius 2 is 1.92 bits per heavy atom. The second-order valence-electron chi connectivity index (χ2n) is 5.73. The Morgan fingerprint density at radius 1 is 1.23 bits per heavy atom. The largest absolute Gasteiger partial charge is 0.300 e. The first-order chi connectivity index (χ1) is 6.05. The van der Waals surface area contributed by atoms with Crippen molar-refractivity contribution in [1.82, 2.24) is 4.90 Å². The van der Waals surface area contributed by atoms with Crippen molar-refractivity contribution in [3.8, 4) is 0 Å². The molecule has 1 nitrogen and oxygen atoms in total. The predicted octanol–water partition coefficient (Wildman–Crippen LogP) is 2.76. The second-order valence-corrected chi connectivity index (χ2v) is 5.73. The molecule has 0 N–H and O–H groups in total. The summed E-state index contributed by atoms with van der Waals surface area (Å²) in [6.45, 7) is 12.2. The number of hydrogen-bond acceptors (Lipinski definition) is 1. The van der Waals surface area contributed by atoms with Crippen molar-refractivity contribution >= 4 is 0 Å². The number of hydrogen-bond donors (Lipinski definition) is 0. The van der Waals surface area contributed by atoms with Crippen LogP contribution in [0.4, 0.5) is 0 Å². The lowest BCUT2D eigenvalue weighted by molar-refractivity contribution is 0.254. The first-order valence-electron chi connectivity index (χ1n) is 5.79. The highest BCUT2D eigenvalue weighted by molar-refractivity contribution is 5.08. The summed E-state index contributed by atoms with van der Waals surface area (Å²) in [5.41, 5.74) is 0.762. The Balaban J connectivity index is 1.93. The zero-order valence-electron chi connectivity index (χ0n) is 9.51. The summed E-state index contributed by atoms with van der Waals surface area (Å²) >= 11 is 0. The maximum absolute atomic E-state index is 2.66. The molecule has 0 aromatic heterocycles. The highest BCUT2D eigenvalue weighted by atomic mass is 15.2. The summed E-state index contributed by atoms with van der Waals surface area (Å²) in [6, 6.07) is 0.757. The van der Waals surface area contributed by atoms with Crippen LogP contribution in [0.2, 0.25) is 0 Å². The van der Waals surface area contributed by atoms with Gasteiger partial charge in [0.2, 0.25) is 0 Å². The molecule has 2 atom stereocenters. The summed E-state index contributed by atoms with van der Waals surface area (Å²) in [6.07, 6.45) is 2.97. The third-order valence-corrected chi connectivity index (χ3v) is 4.20. The van der Waals surface area contributed by atoms with Gasteiger partial charge in [0.1, 0.15) is 0 Å². The van der Waals surface area contributed by atoms with Crippen LogP contribution in [0.15, 0.2) is 0 Å². The molecule has 1 aliphatic carbocycles. The molecule has 0 aromatic carbocycles. The molecule has 13 heavy (non-hydrogen) atoms. The van der Waals surface area contributed by atoms with Crippen molar-refractivity contribution in [3.05, 3.63) is 0 Å². The van der Waals surface area contributed by atoms with Crippen LogP contribution in [0.5, 0.6) is 0 Å². The van der Waals surface area contributed by atoms with E-state index in [0.717, 1.165) is 23.3 Å².